The molecule has 0 saturated heterocycles. The van der Waals surface area contributed by atoms with Crippen LogP contribution in [0.3, 0.4) is 0 Å². The van der Waals surface area contributed by atoms with E-state index in [2.05, 4.69) is 20.3 Å². The summed E-state index contributed by atoms with van der Waals surface area (Å²) in [5.41, 5.74) is 7.30. The zero-order valence-corrected chi connectivity index (χ0v) is 19.1. The Kier molecular flexibility index (Phi) is 8.55. The van der Waals surface area contributed by atoms with Crippen LogP contribution in [0, 0.1) is 0 Å². The standard InChI is InChI=1S/C9H8N4O3.C9H11NO2.K/c1-4(14)13-5-2-10-7-6(5)11-3-12-8(7)9(15)16;10-6-7-1-2-8-9(5-7)12-4-3-11-8;/h2-3,10H,1H3,(H,13,14)(H,15,16);1-2,5H,3-4,6,10H2;/q;;+1/p-1. The molecular formula is C18H18KN5O5. The van der Waals surface area contributed by atoms with Gasteiger partial charge in [-0.2, -0.15) is 0 Å². The zero-order valence-electron chi connectivity index (χ0n) is 16.0. The Morgan fingerprint density at radius 2 is 1.97 bits per heavy atom. The molecule has 0 spiro atoms. The number of ether oxygens (including phenoxy) is 2. The van der Waals surface area contributed by atoms with Gasteiger partial charge in [0, 0.05) is 19.7 Å². The van der Waals surface area contributed by atoms with Crippen molar-refractivity contribution in [1.82, 2.24) is 15.0 Å². The summed E-state index contributed by atoms with van der Waals surface area (Å²) in [6.07, 6.45) is 2.56. The van der Waals surface area contributed by atoms with Crippen LogP contribution in [0.2, 0.25) is 0 Å². The number of H-pyrrole nitrogens is 1. The Labute approximate surface area is 208 Å². The molecule has 4 N–H and O–H groups in total. The summed E-state index contributed by atoms with van der Waals surface area (Å²) in [5.74, 6) is -0.0409. The molecule has 0 atom stereocenters. The third kappa shape index (κ3) is 5.75. The van der Waals surface area contributed by atoms with Gasteiger partial charge in [0.1, 0.15) is 30.8 Å². The Morgan fingerprint density at radius 1 is 1.24 bits per heavy atom. The Bertz CT molecular complexity index is 1020. The predicted molar refractivity (Wildman–Crippen MR) is 97.8 cm³/mol. The van der Waals surface area contributed by atoms with E-state index < -0.39 is 5.97 Å². The Balaban J connectivity index is 0.000000207. The zero-order chi connectivity index (χ0) is 20.1. The first-order valence-corrected chi connectivity index (χ1v) is 8.39. The average molecular weight is 423 g/mol. The summed E-state index contributed by atoms with van der Waals surface area (Å²) in [7, 11) is 0. The maximum Gasteiger partial charge on any atom is 1.00 e. The van der Waals surface area contributed by atoms with E-state index in [9.17, 15) is 14.7 Å². The summed E-state index contributed by atoms with van der Waals surface area (Å²) >= 11 is 0. The van der Waals surface area contributed by atoms with Crippen LogP contribution >= 0.6 is 0 Å². The van der Waals surface area contributed by atoms with Gasteiger partial charge in [-0.3, -0.25) is 4.79 Å². The minimum absolute atomic E-state index is 0. The van der Waals surface area contributed by atoms with E-state index in [1.54, 1.807) is 0 Å². The number of amides is 1. The average Bonchev–Trinajstić information content (AvgIpc) is 3.10. The monoisotopic (exact) mass is 423 g/mol. The van der Waals surface area contributed by atoms with E-state index in [0.717, 1.165) is 23.4 Å². The van der Waals surface area contributed by atoms with Crippen molar-refractivity contribution in [2.75, 3.05) is 18.5 Å². The van der Waals surface area contributed by atoms with E-state index in [0.29, 0.717) is 31.0 Å². The Morgan fingerprint density at radius 3 is 2.62 bits per heavy atom. The number of benzene rings is 1. The van der Waals surface area contributed by atoms with Gasteiger partial charge < -0.3 is 35.4 Å². The van der Waals surface area contributed by atoms with Crippen molar-refractivity contribution in [2.45, 2.75) is 13.5 Å². The first kappa shape index (κ1) is 23.3. The normalized spacial score (nSPS) is 11.7. The van der Waals surface area contributed by atoms with E-state index in [1.165, 1.54) is 13.1 Å². The molecule has 2 aromatic heterocycles. The number of nitrogens with zero attached hydrogens (tertiary/aromatic N) is 2. The van der Waals surface area contributed by atoms with Gasteiger partial charge in [-0.15, -0.1) is 0 Å². The van der Waals surface area contributed by atoms with Crippen LogP contribution in [0.15, 0.2) is 30.7 Å². The van der Waals surface area contributed by atoms with Crippen LogP contribution < -0.4 is 77.0 Å². The second kappa shape index (κ2) is 10.7. The molecule has 0 bridgehead atoms. The fourth-order valence-electron chi connectivity index (χ4n) is 2.59. The van der Waals surface area contributed by atoms with Crippen LogP contribution in [0.4, 0.5) is 5.69 Å². The summed E-state index contributed by atoms with van der Waals surface area (Å²) in [6.45, 7) is 3.15. The van der Waals surface area contributed by atoms with Gasteiger partial charge in [-0.05, 0) is 17.7 Å². The van der Waals surface area contributed by atoms with E-state index in [-0.39, 0.29) is 68.5 Å². The number of aromatic amines is 1. The molecule has 0 aliphatic carbocycles. The number of carbonyl (C=O) groups is 2. The van der Waals surface area contributed by atoms with E-state index in [1.807, 2.05) is 18.2 Å². The van der Waals surface area contributed by atoms with Gasteiger partial charge in [-0.25, -0.2) is 9.97 Å². The number of nitrogens with one attached hydrogen (secondary N) is 2. The number of aromatic nitrogens is 3. The molecule has 4 rings (SSSR count). The van der Waals surface area contributed by atoms with Crippen molar-refractivity contribution in [3.63, 3.8) is 0 Å². The number of aromatic carboxylic acids is 1. The number of anilines is 1. The number of nitrogens with two attached hydrogens (primary N) is 1. The summed E-state index contributed by atoms with van der Waals surface area (Å²) in [4.78, 5) is 31.8. The minimum atomic E-state index is -1.40. The molecule has 1 aliphatic rings. The quantitative estimate of drug-likeness (QED) is 0.382. The maximum atomic E-state index is 10.9. The van der Waals surface area contributed by atoms with Crippen molar-refractivity contribution >= 4 is 28.6 Å². The number of fused-ring (bicyclic) bond motifs is 2. The molecule has 3 aromatic rings. The van der Waals surface area contributed by atoms with Crippen LogP contribution in [0.1, 0.15) is 23.0 Å². The van der Waals surface area contributed by atoms with Crippen molar-refractivity contribution in [3.05, 3.63) is 42.0 Å². The topological polar surface area (TPSA) is 155 Å². The first-order chi connectivity index (χ1) is 13.5. The van der Waals surface area contributed by atoms with Crippen molar-refractivity contribution in [1.29, 1.82) is 0 Å². The smallest absolute Gasteiger partial charge is 0.543 e. The molecule has 3 heterocycles. The number of carboxylic acids is 1. The third-order valence-corrected chi connectivity index (χ3v) is 3.81. The van der Waals surface area contributed by atoms with Gasteiger partial charge in [0.2, 0.25) is 5.91 Å². The molecule has 0 radical (unpaired) electrons. The largest absolute Gasteiger partial charge is 1.00 e. The van der Waals surface area contributed by atoms with Crippen LogP contribution in [0.5, 0.6) is 11.5 Å². The molecule has 1 aliphatic heterocycles. The molecule has 10 nitrogen and oxygen atoms in total. The fraction of sp³-hybridized carbons (Fsp3) is 0.222. The van der Waals surface area contributed by atoms with Crippen LogP contribution in [-0.4, -0.2) is 40.0 Å². The maximum absolute atomic E-state index is 10.9. The minimum Gasteiger partial charge on any atom is -0.543 e. The van der Waals surface area contributed by atoms with Gasteiger partial charge in [0.25, 0.3) is 0 Å². The fourth-order valence-corrected chi connectivity index (χ4v) is 2.59. The van der Waals surface area contributed by atoms with Crippen LogP contribution in [-0.2, 0) is 11.3 Å². The molecule has 1 amide bonds. The van der Waals surface area contributed by atoms with Crippen molar-refractivity contribution in [3.8, 4) is 11.5 Å². The number of hydrogen-bond acceptors (Lipinski definition) is 8. The first-order valence-electron chi connectivity index (χ1n) is 8.39. The summed E-state index contributed by atoms with van der Waals surface area (Å²) in [6, 6.07) is 5.78. The molecule has 29 heavy (non-hydrogen) atoms. The number of rotatable bonds is 3. The summed E-state index contributed by atoms with van der Waals surface area (Å²) < 4.78 is 10.7. The molecule has 1 aromatic carbocycles. The summed E-state index contributed by atoms with van der Waals surface area (Å²) in [5, 5.41) is 13.3. The number of carbonyl (C=O) groups excluding carboxylic acids is 2. The van der Waals surface area contributed by atoms with Gasteiger partial charge in [-0.1, -0.05) is 6.07 Å². The second-order valence-electron chi connectivity index (χ2n) is 5.80. The number of carboxylic acid groups (broad SMARTS) is 1. The second-order valence-corrected chi connectivity index (χ2v) is 5.80. The molecule has 146 valence electrons. The molecule has 0 saturated carbocycles. The van der Waals surface area contributed by atoms with Crippen molar-refractivity contribution < 1.29 is 75.6 Å². The van der Waals surface area contributed by atoms with Gasteiger partial charge in [0.15, 0.2) is 11.5 Å². The molecule has 11 heteroatoms. The van der Waals surface area contributed by atoms with Crippen molar-refractivity contribution in [2.24, 2.45) is 5.73 Å². The number of hydrogen-bond donors (Lipinski definition) is 3. The third-order valence-electron chi connectivity index (χ3n) is 3.81. The predicted octanol–water partition coefficient (Wildman–Crippen LogP) is -2.80. The van der Waals surface area contributed by atoms with E-state index >= 15 is 0 Å². The van der Waals surface area contributed by atoms with Gasteiger partial charge in [0.05, 0.1) is 17.2 Å². The molecular weight excluding hydrogens is 405 g/mol. The van der Waals surface area contributed by atoms with E-state index in [4.69, 9.17) is 15.2 Å². The van der Waals surface area contributed by atoms with Crippen LogP contribution in [0.25, 0.3) is 11.0 Å². The molecule has 0 unspecified atom stereocenters. The van der Waals surface area contributed by atoms with Gasteiger partial charge >= 0.3 is 51.4 Å². The SMILES string of the molecule is CC(=O)Nc1c[nH]c2c(C(=O)[O-])ncnc12.NCc1ccc2c(c1)OCCO2.[K+]. The Hall–Kier alpha value is -2.02. The molecule has 0 fully saturated rings.